The van der Waals surface area contributed by atoms with Gasteiger partial charge in [0.25, 0.3) is 0 Å². The van der Waals surface area contributed by atoms with Crippen molar-refractivity contribution in [3.05, 3.63) is 0 Å². The molecule has 0 bridgehead atoms. The zero-order valence-corrected chi connectivity index (χ0v) is 5.31. The smallest absolute Gasteiger partial charge is 0.333 e. The third-order valence-corrected chi connectivity index (χ3v) is 1.12. The minimum absolute atomic E-state index is 1.13. The molecule has 0 fully saturated rings. The van der Waals surface area contributed by atoms with Crippen molar-refractivity contribution >= 4 is 11.9 Å². The van der Waals surface area contributed by atoms with E-state index >= 15 is 0 Å². The highest BCUT2D eigenvalue weighted by Gasteiger charge is 2.26. The van der Waals surface area contributed by atoms with E-state index < -0.39 is 24.0 Å². The predicted molar refractivity (Wildman–Crippen MR) is 30.4 cm³/mol. The lowest BCUT2D eigenvalue weighted by Crippen LogP contribution is -2.32. The van der Waals surface area contributed by atoms with Crippen LogP contribution in [0.4, 0.5) is 0 Å². The van der Waals surface area contributed by atoms with Gasteiger partial charge in [0, 0.05) is 0 Å². The molecule has 0 rings (SSSR count). The minimum Gasteiger partial charge on any atom is -0.481 e. The summed E-state index contributed by atoms with van der Waals surface area (Å²) in [6.45, 7) is 1.13. The quantitative estimate of drug-likeness (QED) is 0.484. The van der Waals surface area contributed by atoms with Crippen LogP contribution in [0.1, 0.15) is 6.92 Å². The lowest BCUT2D eigenvalue weighted by Gasteiger charge is -2.08. The summed E-state index contributed by atoms with van der Waals surface area (Å²) in [5, 5.41) is 24.9. The number of hydrogen-bond donors (Lipinski definition) is 3. The van der Waals surface area contributed by atoms with Crippen LogP contribution in [0.5, 0.6) is 0 Å². The van der Waals surface area contributed by atoms with Crippen LogP contribution in [0, 0.1) is 5.92 Å². The number of carbonyl (C=O) groups is 2. The van der Waals surface area contributed by atoms with Crippen molar-refractivity contribution in [3.63, 3.8) is 0 Å². The summed E-state index contributed by atoms with van der Waals surface area (Å²) in [5.41, 5.74) is 0. The monoisotopic (exact) mass is 148 g/mol. The molecule has 0 heterocycles. The summed E-state index contributed by atoms with van der Waals surface area (Å²) in [6, 6.07) is 0. The average Bonchev–Trinajstić information content (AvgIpc) is 1.84. The molecule has 0 amide bonds. The van der Waals surface area contributed by atoms with Gasteiger partial charge in [0.05, 0.1) is 5.92 Å². The van der Waals surface area contributed by atoms with E-state index in [1.807, 2.05) is 0 Å². The zero-order valence-electron chi connectivity index (χ0n) is 5.31. The molecule has 0 aromatic heterocycles. The molecule has 5 heteroatoms. The van der Waals surface area contributed by atoms with Crippen molar-refractivity contribution < 1.29 is 24.9 Å². The van der Waals surface area contributed by atoms with Crippen molar-refractivity contribution in [2.75, 3.05) is 0 Å². The van der Waals surface area contributed by atoms with E-state index in [0.29, 0.717) is 0 Å². The summed E-state index contributed by atoms with van der Waals surface area (Å²) in [4.78, 5) is 20.0. The predicted octanol–water partition coefficient (Wildman–Crippen LogP) is -0.847. The first-order chi connectivity index (χ1) is 4.46. The van der Waals surface area contributed by atoms with Crippen LogP contribution >= 0.6 is 0 Å². The van der Waals surface area contributed by atoms with Crippen molar-refractivity contribution in [1.29, 1.82) is 0 Å². The highest BCUT2D eigenvalue weighted by Crippen LogP contribution is 2.01. The maximum Gasteiger partial charge on any atom is 0.333 e. The number of aliphatic hydroxyl groups is 1. The lowest BCUT2D eigenvalue weighted by atomic mass is 10.1. The molecule has 0 unspecified atom stereocenters. The molecule has 0 saturated carbocycles. The standard InChI is InChI=1S/C5H8O5/c1-2(4(7)8)3(6)5(9)10/h2-3,6H,1H3,(H,7,8)(H,9,10)/t2-,3+/m0/s1. The molecule has 0 aliphatic carbocycles. The molecule has 0 aromatic carbocycles. The third kappa shape index (κ3) is 2.02. The van der Waals surface area contributed by atoms with Gasteiger partial charge in [0.15, 0.2) is 6.10 Å². The Morgan fingerprint density at radius 3 is 1.70 bits per heavy atom. The molecule has 3 N–H and O–H groups in total. The Morgan fingerprint density at radius 1 is 1.20 bits per heavy atom. The first kappa shape index (κ1) is 8.90. The molecule has 2 atom stereocenters. The molecule has 5 nitrogen and oxygen atoms in total. The van der Waals surface area contributed by atoms with Crippen LogP contribution in [-0.4, -0.2) is 33.4 Å². The van der Waals surface area contributed by atoms with Crippen molar-refractivity contribution in [3.8, 4) is 0 Å². The fraction of sp³-hybridized carbons (Fsp3) is 0.600. The summed E-state index contributed by atoms with van der Waals surface area (Å²) in [5.74, 6) is -4.11. The van der Waals surface area contributed by atoms with Crippen LogP contribution in [0.3, 0.4) is 0 Å². The Morgan fingerprint density at radius 2 is 1.60 bits per heavy atom. The molecule has 0 saturated heterocycles. The van der Waals surface area contributed by atoms with Gasteiger partial charge in [-0.2, -0.15) is 0 Å². The van der Waals surface area contributed by atoms with E-state index in [4.69, 9.17) is 15.3 Å². The summed E-state index contributed by atoms with van der Waals surface area (Å²) in [6.07, 6.45) is -1.82. The van der Waals surface area contributed by atoms with Gasteiger partial charge in [-0.25, -0.2) is 4.79 Å². The molecule has 0 radical (unpaired) electrons. The fourth-order valence-electron chi connectivity index (χ4n) is 0.349. The molecule has 0 aromatic rings. The first-order valence-corrected chi connectivity index (χ1v) is 2.60. The van der Waals surface area contributed by atoms with Crippen molar-refractivity contribution in [2.45, 2.75) is 13.0 Å². The van der Waals surface area contributed by atoms with Gasteiger partial charge in [0.2, 0.25) is 0 Å². The van der Waals surface area contributed by atoms with E-state index in [9.17, 15) is 9.59 Å². The van der Waals surface area contributed by atoms with Gasteiger partial charge >= 0.3 is 11.9 Å². The molecule has 0 spiro atoms. The van der Waals surface area contributed by atoms with Crippen molar-refractivity contribution in [1.82, 2.24) is 0 Å². The second kappa shape index (κ2) is 3.17. The Labute approximate surface area is 56.9 Å². The number of aliphatic carboxylic acids is 2. The van der Waals surface area contributed by atoms with Crippen LogP contribution in [-0.2, 0) is 9.59 Å². The van der Waals surface area contributed by atoms with Gasteiger partial charge in [-0.3, -0.25) is 4.79 Å². The highest BCUT2D eigenvalue weighted by atomic mass is 16.4. The van der Waals surface area contributed by atoms with E-state index in [-0.39, 0.29) is 0 Å². The SMILES string of the molecule is C[C@H](C(=O)O)[C@@H](O)C(=O)O. The summed E-state index contributed by atoms with van der Waals surface area (Å²) < 4.78 is 0. The van der Waals surface area contributed by atoms with Crippen molar-refractivity contribution in [2.24, 2.45) is 5.92 Å². The molecular weight excluding hydrogens is 140 g/mol. The Bertz CT molecular complexity index is 134. The average molecular weight is 148 g/mol. The largest absolute Gasteiger partial charge is 0.481 e. The maximum atomic E-state index is 10.0. The number of carboxylic acids is 2. The normalized spacial score (nSPS) is 15.8. The molecule has 10 heavy (non-hydrogen) atoms. The second-order valence-corrected chi connectivity index (χ2v) is 1.91. The van der Waals surface area contributed by atoms with E-state index in [2.05, 4.69) is 0 Å². The summed E-state index contributed by atoms with van der Waals surface area (Å²) >= 11 is 0. The highest BCUT2D eigenvalue weighted by molar-refractivity contribution is 5.81. The minimum atomic E-state index is -1.82. The van der Waals surface area contributed by atoms with Crippen LogP contribution in [0.2, 0.25) is 0 Å². The van der Waals surface area contributed by atoms with E-state index in [0.717, 1.165) is 6.92 Å². The van der Waals surface area contributed by atoms with E-state index in [1.165, 1.54) is 0 Å². The van der Waals surface area contributed by atoms with Gasteiger partial charge in [-0.15, -0.1) is 0 Å². The van der Waals surface area contributed by atoms with Gasteiger partial charge < -0.3 is 15.3 Å². The first-order valence-electron chi connectivity index (χ1n) is 2.60. The zero-order chi connectivity index (χ0) is 8.31. The van der Waals surface area contributed by atoms with Gasteiger partial charge in [-0.1, -0.05) is 0 Å². The Hall–Kier alpha value is -1.10. The fourth-order valence-corrected chi connectivity index (χ4v) is 0.349. The Kier molecular flexibility index (Phi) is 2.82. The number of rotatable bonds is 3. The van der Waals surface area contributed by atoms with E-state index in [1.54, 1.807) is 0 Å². The number of hydrogen-bond acceptors (Lipinski definition) is 3. The lowest BCUT2D eigenvalue weighted by molar-refractivity contribution is -0.158. The molecule has 0 aliphatic heterocycles. The van der Waals surface area contributed by atoms with Crippen LogP contribution < -0.4 is 0 Å². The molecular formula is C5H8O5. The number of aliphatic hydroxyl groups excluding tert-OH is 1. The molecule has 0 aliphatic rings. The second-order valence-electron chi connectivity index (χ2n) is 1.91. The van der Waals surface area contributed by atoms with Crippen LogP contribution in [0.25, 0.3) is 0 Å². The topological polar surface area (TPSA) is 94.8 Å². The third-order valence-electron chi connectivity index (χ3n) is 1.12. The summed E-state index contributed by atoms with van der Waals surface area (Å²) in [7, 11) is 0. The maximum absolute atomic E-state index is 10.0. The van der Waals surface area contributed by atoms with Gasteiger partial charge in [0.1, 0.15) is 0 Å². The number of carboxylic acid groups (broad SMARTS) is 2. The molecule has 58 valence electrons. The van der Waals surface area contributed by atoms with Crippen LogP contribution in [0.15, 0.2) is 0 Å². The van der Waals surface area contributed by atoms with Gasteiger partial charge in [-0.05, 0) is 6.92 Å². The Balaban J connectivity index is 4.07.